The predicted octanol–water partition coefficient (Wildman–Crippen LogP) is 4.40. The molecule has 1 aliphatic rings. The molecule has 0 N–H and O–H groups in total. The number of anilines is 1. The van der Waals surface area contributed by atoms with Gasteiger partial charge in [0, 0.05) is 18.3 Å². The van der Waals surface area contributed by atoms with Crippen LogP contribution in [0.2, 0.25) is 0 Å². The third-order valence-corrected chi connectivity index (χ3v) is 4.44. The Morgan fingerprint density at radius 3 is 2.56 bits per heavy atom. The van der Waals surface area contributed by atoms with Gasteiger partial charge in [0.05, 0.1) is 28.8 Å². The number of hydrogen-bond acceptors (Lipinski definition) is 3. The first kappa shape index (κ1) is 16.9. The highest BCUT2D eigenvalue weighted by Crippen LogP contribution is 2.43. The molecule has 25 heavy (non-hydrogen) atoms. The van der Waals surface area contributed by atoms with Gasteiger partial charge in [0.15, 0.2) is 0 Å². The molecule has 6 heteroatoms. The number of nitriles is 2. The van der Waals surface area contributed by atoms with E-state index >= 15 is 0 Å². The van der Waals surface area contributed by atoms with Crippen LogP contribution in [0, 0.1) is 22.7 Å². The fourth-order valence-electron chi connectivity index (χ4n) is 3.35. The number of hydrogen-bond donors (Lipinski definition) is 0. The van der Waals surface area contributed by atoms with E-state index in [1.807, 2.05) is 17.9 Å². The van der Waals surface area contributed by atoms with Gasteiger partial charge in [0.2, 0.25) is 0 Å². The number of benzene rings is 2. The van der Waals surface area contributed by atoms with Crippen molar-refractivity contribution in [3.63, 3.8) is 0 Å². The standard InChI is InChI=1S/C19H14F3N3/c1-12-7-16-17(6-5-15(10-24)18(16)19(20,21)22)25(12)11-14-4-2-3-13(8-14)9-23/h2-6,8,12H,7,11H2,1H3. The molecule has 1 atom stereocenters. The highest BCUT2D eigenvalue weighted by Gasteiger charge is 2.41. The Balaban J connectivity index is 2.04. The van der Waals surface area contributed by atoms with Crippen molar-refractivity contribution in [2.24, 2.45) is 0 Å². The number of alkyl halides is 3. The zero-order valence-corrected chi connectivity index (χ0v) is 13.4. The normalized spacial score (nSPS) is 16.2. The van der Waals surface area contributed by atoms with Crippen LogP contribution in [0.5, 0.6) is 0 Å². The zero-order chi connectivity index (χ0) is 18.2. The summed E-state index contributed by atoms with van der Waals surface area (Å²) in [5.74, 6) is 0. The highest BCUT2D eigenvalue weighted by atomic mass is 19.4. The van der Waals surface area contributed by atoms with Gasteiger partial charge in [-0.25, -0.2) is 0 Å². The average molecular weight is 341 g/mol. The van der Waals surface area contributed by atoms with E-state index in [4.69, 9.17) is 10.5 Å². The molecule has 2 aromatic carbocycles. The van der Waals surface area contributed by atoms with Gasteiger partial charge in [-0.15, -0.1) is 0 Å². The maximum absolute atomic E-state index is 13.5. The van der Waals surface area contributed by atoms with Crippen molar-refractivity contribution in [3.05, 3.63) is 64.2 Å². The van der Waals surface area contributed by atoms with Gasteiger partial charge in [-0.05, 0) is 48.7 Å². The minimum Gasteiger partial charge on any atom is -0.364 e. The molecule has 3 nitrogen and oxygen atoms in total. The van der Waals surface area contributed by atoms with Crippen molar-refractivity contribution in [1.29, 1.82) is 10.5 Å². The van der Waals surface area contributed by atoms with Gasteiger partial charge in [-0.1, -0.05) is 12.1 Å². The third-order valence-electron chi connectivity index (χ3n) is 4.44. The molecular formula is C19H14F3N3. The van der Waals surface area contributed by atoms with Crippen molar-refractivity contribution in [3.8, 4) is 12.1 Å². The smallest absolute Gasteiger partial charge is 0.364 e. The molecule has 0 aromatic heterocycles. The Bertz CT molecular complexity index is 904. The van der Waals surface area contributed by atoms with E-state index in [1.54, 1.807) is 30.3 Å². The lowest BCUT2D eigenvalue weighted by Gasteiger charge is -2.25. The monoisotopic (exact) mass is 341 g/mol. The summed E-state index contributed by atoms with van der Waals surface area (Å²) in [4.78, 5) is 1.89. The molecule has 1 unspecified atom stereocenters. The molecule has 3 rings (SSSR count). The SMILES string of the molecule is CC1Cc2c(ccc(C#N)c2C(F)(F)F)N1Cc1cccc(C#N)c1. The fraction of sp³-hybridized carbons (Fsp3) is 0.263. The topological polar surface area (TPSA) is 50.8 Å². The summed E-state index contributed by atoms with van der Waals surface area (Å²) in [6.45, 7) is 2.27. The maximum atomic E-state index is 13.5. The van der Waals surface area contributed by atoms with Crippen LogP contribution in [0.15, 0.2) is 36.4 Å². The molecule has 0 spiro atoms. The van der Waals surface area contributed by atoms with Gasteiger partial charge in [-0.2, -0.15) is 23.7 Å². The van der Waals surface area contributed by atoms with Crippen LogP contribution >= 0.6 is 0 Å². The van der Waals surface area contributed by atoms with E-state index < -0.39 is 11.7 Å². The first-order valence-electron chi connectivity index (χ1n) is 7.74. The van der Waals surface area contributed by atoms with E-state index in [2.05, 4.69) is 6.07 Å². The lowest BCUT2D eigenvalue weighted by Crippen LogP contribution is -2.28. The number of nitrogens with zero attached hydrogens (tertiary/aromatic N) is 3. The fourth-order valence-corrected chi connectivity index (χ4v) is 3.35. The Hall–Kier alpha value is -2.99. The summed E-state index contributed by atoms with van der Waals surface area (Å²) in [7, 11) is 0. The molecule has 1 aliphatic heterocycles. The molecular weight excluding hydrogens is 327 g/mol. The van der Waals surface area contributed by atoms with Crippen molar-refractivity contribution in [2.45, 2.75) is 32.1 Å². The Kier molecular flexibility index (Phi) is 4.14. The van der Waals surface area contributed by atoms with Gasteiger partial charge in [0.1, 0.15) is 0 Å². The van der Waals surface area contributed by atoms with Crippen LogP contribution in [0.25, 0.3) is 0 Å². The lowest BCUT2D eigenvalue weighted by molar-refractivity contribution is -0.138. The van der Waals surface area contributed by atoms with Crippen LogP contribution in [-0.4, -0.2) is 6.04 Å². The molecule has 0 fully saturated rings. The maximum Gasteiger partial charge on any atom is 0.418 e. The van der Waals surface area contributed by atoms with E-state index in [0.29, 0.717) is 17.8 Å². The molecule has 2 aromatic rings. The predicted molar refractivity (Wildman–Crippen MR) is 86.7 cm³/mol. The summed E-state index contributed by atoms with van der Waals surface area (Å²) in [6, 6.07) is 13.4. The molecule has 126 valence electrons. The first-order chi connectivity index (χ1) is 11.8. The summed E-state index contributed by atoms with van der Waals surface area (Å²) in [6.07, 6.45) is -4.33. The molecule has 0 bridgehead atoms. The highest BCUT2D eigenvalue weighted by molar-refractivity contribution is 5.66. The van der Waals surface area contributed by atoms with Gasteiger partial charge in [0.25, 0.3) is 0 Å². The summed E-state index contributed by atoms with van der Waals surface area (Å²) in [5.41, 5.74) is 0.883. The lowest BCUT2D eigenvalue weighted by atomic mass is 9.98. The molecule has 0 radical (unpaired) electrons. The van der Waals surface area contributed by atoms with Crippen LogP contribution < -0.4 is 4.90 Å². The van der Waals surface area contributed by atoms with Crippen molar-refractivity contribution >= 4 is 5.69 Å². The van der Waals surface area contributed by atoms with Crippen LogP contribution in [0.1, 0.15) is 34.7 Å². The molecule has 1 heterocycles. The zero-order valence-electron chi connectivity index (χ0n) is 13.4. The minimum atomic E-state index is -4.56. The average Bonchev–Trinajstić information content (AvgIpc) is 2.88. The van der Waals surface area contributed by atoms with Gasteiger partial charge >= 0.3 is 6.18 Å². The van der Waals surface area contributed by atoms with Crippen molar-refractivity contribution in [1.82, 2.24) is 0 Å². The molecule has 0 amide bonds. The number of fused-ring (bicyclic) bond motifs is 1. The second-order valence-electron chi connectivity index (χ2n) is 6.09. The van der Waals surface area contributed by atoms with E-state index in [-0.39, 0.29) is 23.6 Å². The number of rotatable bonds is 2. The minimum absolute atomic E-state index is 0.129. The quantitative estimate of drug-likeness (QED) is 0.813. The van der Waals surface area contributed by atoms with Gasteiger partial charge < -0.3 is 4.90 Å². The van der Waals surface area contributed by atoms with Crippen molar-refractivity contribution < 1.29 is 13.2 Å². The molecule has 0 aliphatic carbocycles. The van der Waals surface area contributed by atoms with E-state index in [1.165, 1.54) is 6.07 Å². The molecule has 0 saturated carbocycles. The summed E-state index contributed by atoms with van der Waals surface area (Å²) in [5, 5.41) is 18.0. The largest absolute Gasteiger partial charge is 0.418 e. The van der Waals surface area contributed by atoms with Crippen LogP contribution in [0.4, 0.5) is 18.9 Å². The second-order valence-corrected chi connectivity index (χ2v) is 6.09. The van der Waals surface area contributed by atoms with Crippen LogP contribution in [0.3, 0.4) is 0 Å². The Morgan fingerprint density at radius 1 is 1.16 bits per heavy atom. The van der Waals surface area contributed by atoms with Gasteiger partial charge in [-0.3, -0.25) is 0 Å². The summed E-state index contributed by atoms with van der Waals surface area (Å²) < 4.78 is 40.4. The van der Waals surface area contributed by atoms with E-state index in [9.17, 15) is 13.2 Å². The first-order valence-corrected chi connectivity index (χ1v) is 7.74. The second kappa shape index (κ2) is 6.14. The summed E-state index contributed by atoms with van der Waals surface area (Å²) >= 11 is 0. The van der Waals surface area contributed by atoms with Crippen LogP contribution in [-0.2, 0) is 19.1 Å². The Morgan fingerprint density at radius 2 is 1.92 bits per heavy atom. The Labute approximate surface area is 143 Å². The van der Waals surface area contributed by atoms with Crippen molar-refractivity contribution in [2.75, 3.05) is 4.90 Å². The third kappa shape index (κ3) is 3.04. The number of halogens is 3. The molecule has 0 saturated heterocycles. The van der Waals surface area contributed by atoms with E-state index in [0.717, 1.165) is 5.56 Å².